The van der Waals surface area contributed by atoms with E-state index in [0.717, 1.165) is 10.5 Å². The number of anilines is 1. The molecule has 20 heavy (non-hydrogen) atoms. The average Bonchev–Trinajstić information content (AvgIpc) is 2.79. The Morgan fingerprint density at radius 2 is 1.70 bits per heavy atom. The van der Waals surface area contributed by atoms with Crippen LogP contribution in [0, 0.1) is 0 Å². The standard InChI is InChI=1S/C13H14N2O5/c16-11(17)7-14(8-12(18)19)13(20)15-6-5-9-3-1-2-4-10(9)15/h1-4H,5-8H2,(H,16,17)(H,18,19). The Labute approximate surface area is 115 Å². The summed E-state index contributed by atoms with van der Waals surface area (Å²) in [4.78, 5) is 36.0. The van der Waals surface area contributed by atoms with Gasteiger partial charge in [-0.3, -0.25) is 14.5 Å². The summed E-state index contributed by atoms with van der Waals surface area (Å²) in [6.07, 6.45) is 0.676. The number of carbonyl (C=O) groups excluding carboxylic acids is 1. The van der Waals surface area contributed by atoms with Crippen LogP contribution in [0.4, 0.5) is 10.5 Å². The summed E-state index contributed by atoms with van der Waals surface area (Å²) in [5, 5.41) is 17.6. The molecule has 2 amide bonds. The van der Waals surface area contributed by atoms with Gasteiger partial charge < -0.3 is 15.1 Å². The molecule has 106 valence electrons. The van der Waals surface area contributed by atoms with Crippen molar-refractivity contribution < 1.29 is 24.6 Å². The highest BCUT2D eigenvalue weighted by Crippen LogP contribution is 2.28. The second-order valence-corrected chi connectivity index (χ2v) is 4.46. The first kappa shape index (κ1) is 13.9. The normalized spacial score (nSPS) is 12.9. The summed E-state index contributed by atoms with van der Waals surface area (Å²) in [5.41, 5.74) is 1.70. The van der Waals surface area contributed by atoms with Crippen molar-refractivity contribution in [2.75, 3.05) is 24.5 Å². The third-order valence-electron chi connectivity index (χ3n) is 3.04. The van der Waals surface area contributed by atoms with E-state index in [-0.39, 0.29) is 0 Å². The summed E-state index contributed by atoms with van der Waals surface area (Å²) < 4.78 is 0. The smallest absolute Gasteiger partial charge is 0.325 e. The van der Waals surface area contributed by atoms with E-state index in [2.05, 4.69) is 0 Å². The number of hydrogen-bond acceptors (Lipinski definition) is 3. The van der Waals surface area contributed by atoms with Gasteiger partial charge in [0.2, 0.25) is 0 Å². The highest BCUT2D eigenvalue weighted by molar-refractivity contribution is 5.97. The van der Waals surface area contributed by atoms with Crippen LogP contribution < -0.4 is 4.90 Å². The van der Waals surface area contributed by atoms with Crippen LogP contribution in [0.15, 0.2) is 24.3 Å². The number of para-hydroxylation sites is 1. The monoisotopic (exact) mass is 278 g/mol. The Morgan fingerprint density at radius 1 is 1.10 bits per heavy atom. The molecular weight excluding hydrogens is 264 g/mol. The van der Waals surface area contributed by atoms with Crippen LogP contribution in [0.1, 0.15) is 5.56 Å². The maximum absolute atomic E-state index is 12.3. The Hall–Kier alpha value is -2.57. The molecule has 0 aromatic heterocycles. The second kappa shape index (κ2) is 5.60. The molecule has 0 radical (unpaired) electrons. The number of carboxylic acid groups (broad SMARTS) is 2. The minimum absolute atomic E-state index is 0.425. The van der Waals surface area contributed by atoms with Gasteiger partial charge in [0.25, 0.3) is 0 Å². The van der Waals surface area contributed by atoms with E-state index < -0.39 is 31.1 Å². The molecule has 0 saturated heterocycles. The molecule has 1 aliphatic rings. The number of amides is 2. The molecule has 0 bridgehead atoms. The summed E-state index contributed by atoms with van der Waals surface area (Å²) in [6.45, 7) is -0.846. The van der Waals surface area contributed by atoms with Crippen molar-refractivity contribution in [3.8, 4) is 0 Å². The molecule has 7 heteroatoms. The third-order valence-corrected chi connectivity index (χ3v) is 3.04. The topological polar surface area (TPSA) is 98.1 Å². The zero-order valence-corrected chi connectivity index (χ0v) is 10.7. The summed E-state index contributed by atoms with van der Waals surface area (Å²) in [7, 11) is 0. The molecule has 1 aromatic rings. The molecular formula is C13H14N2O5. The van der Waals surface area contributed by atoms with Gasteiger partial charge in [-0.15, -0.1) is 0 Å². The average molecular weight is 278 g/mol. The number of benzene rings is 1. The van der Waals surface area contributed by atoms with Gasteiger partial charge in [-0.05, 0) is 18.1 Å². The number of fused-ring (bicyclic) bond motifs is 1. The van der Waals surface area contributed by atoms with Crippen molar-refractivity contribution in [3.05, 3.63) is 29.8 Å². The summed E-state index contributed by atoms with van der Waals surface area (Å²) in [5.74, 6) is -2.49. The first-order valence-corrected chi connectivity index (χ1v) is 6.07. The Morgan fingerprint density at radius 3 is 2.30 bits per heavy atom. The largest absolute Gasteiger partial charge is 0.480 e. The lowest BCUT2D eigenvalue weighted by molar-refractivity contribution is -0.140. The molecule has 0 saturated carbocycles. The Balaban J connectivity index is 2.20. The van der Waals surface area contributed by atoms with Crippen LogP contribution in [0.2, 0.25) is 0 Å². The highest BCUT2D eigenvalue weighted by Gasteiger charge is 2.30. The highest BCUT2D eigenvalue weighted by atomic mass is 16.4. The lowest BCUT2D eigenvalue weighted by atomic mass is 10.2. The number of aliphatic carboxylic acids is 2. The van der Waals surface area contributed by atoms with E-state index in [1.54, 1.807) is 12.1 Å². The zero-order chi connectivity index (χ0) is 14.7. The third kappa shape index (κ3) is 2.87. The number of urea groups is 1. The maximum Gasteiger partial charge on any atom is 0.325 e. The second-order valence-electron chi connectivity index (χ2n) is 4.46. The van der Waals surface area contributed by atoms with Gasteiger partial charge in [0.15, 0.2) is 0 Å². The van der Waals surface area contributed by atoms with Gasteiger partial charge in [-0.1, -0.05) is 18.2 Å². The zero-order valence-electron chi connectivity index (χ0n) is 10.7. The number of rotatable bonds is 4. The molecule has 0 atom stereocenters. The van der Waals surface area contributed by atoms with Gasteiger partial charge in [-0.25, -0.2) is 4.79 Å². The Kier molecular flexibility index (Phi) is 3.88. The van der Waals surface area contributed by atoms with Gasteiger partial charge >= 0.3 is 18.0 Å². The van der Waals surface area contributed by atoms with E-state index in [4.69, 9.17) is 10.2 Å². The molecule has 2 N–H and O–H groups in total. The fourth-order valence-corrected chi connectivity index (χ4v) is 2.23. The molecule has 2 rings (SSSR count). The number of hydrogen-bond donors (Lipinski definition) is 2. The molecule has 0 unspecified atom stereocenters. The van der Waals surface area contributed by atoms with Crippen molar-refractivity contribution >= 4 is 23.7 Å². The molecule has 0 aliphatic carbocycles. The molecule has 0 spiro atoms. The maximum atomic E-state index is 12.3. The minimum Gasteiger partial charge on any atom is -0.480 e. The van der Waals surface area contributed by atoms with Gasteiger partial charge in [0, 0.05) is 12.2 Å². The molecule has 1 aromatic carbocycles. The number of carbonyl (C=O) groups is 3. The van der Waals surface area contributed by atoms with E-state index in [1.807, 2.05) is 12.1 Å². The molecule has 0 fully saturated rings. The van der Waals surface area contributed by atoms with Crippen LogP contribution in [-0.2, 0) is 16.0 Å². The van der Waals surface area contributed by atoms with Crippen molar-refractivity contribution in [1.29, 1.82) is 0 Å². The van der Waals surface area contributed by atoms with E-state index in [1.165, 1.54) is 4.90 Å². The van der Waals surface area contributed by atoms with Crippen LogP contribution >= 0.6 is 0 Å². The van der Waals surface area contributed by atoms with Gasteiger partial charge in [0.05, 0.1) is 0 Å². The first-order chi connectivity index (χ1) is 9.49. The van der Waals surface area contributed by atoms with Crippen LogP contribution in [0.5, 0.6) is 0 Å². The molecule has 1 aliphatic heterocycles. The van der Waals surface area contributed by atoms with Crippen molar-refractivity contribution in [2.24, 2.45) is 0 Å². The minimum atomic E-state index is -1.24. The van der Waals surface area contributed by atoms with Crippen LogP contribution in [-0.4, -0.2) is 52.7 Å². The lowest BCUT2D eigenvalue weighted by Gasteiger charge is -2.25. The van der Waals surface area contributed by atoms with Gasteiger partial charge in [0.1, 0.15) is 13.1 Å². The quantitative estimate of drug-likeness (QED) is 0.842. The van der Waals surface area contributed by atoms with E-state index >= 15 is 0 Å². The van der Waals surface area contributed by atoms with Crippen molar-refractivity contribution in [2.45, 2.75) is 6.42 Å². The number of nitrogens with zero attached hydrogens (tertiary/aromatic N) is 2. The van der Waals surface area contributed by atoms with Crippen LogP contribution in [0.25, 0.3) is 0 Å². The SMILES string of the molecule is O=C(O)CN(CC(=O)O)C(=O)N1CCc2ccccc21. The van der Waals surface area contributed by atoms with E-state index in [9.17, 15) is 14.4 Å². The van der Waals surface area contributed by atoms with Crippen molar-refractivity contribution in [3.63, 3.8) is 0 Å². The fourth-order valence-electron chi connectivity index (χ4n) is 2.23. The first-order valence-electron chi connectivity index (χ1n) is 6.07. The van der Waals surface area contributed by atoms with Crippen molar-refractivity contribution in [1.82, 2.24) is 4.90 Å². The predicted octanol–water partition coefficient (Wildman–Crippen LogP) is 0.640. The summed E-state index contributed by atoms with van der Waals surface area (Å²) in [6, 6.07) is 6.70. The number of carboxylic acids is 2. The van der Waals surface area contributed by atoms with Gasteiger partial charge in [-0.2, -0.15) is 0 Å². The Bertz CT molecular complexity index is 541. The fraction of sp³-hybridized carbons (Fsp3) is 0.308. The van der Waals surface area contributed by atoms with Crippen LogP contribution in [0.3, 0.4) is 0 Å². The predicted molar refractivity (Wildman–Crippen MR) is 69.7 cm³/mol. The molecule has 7 nitrogen and oxygen atoms in total. The lowest BCUT2D eigenvalue weighted by Crippen LogP contribution is -2.47. The molecule has 1 heterocycles. The van der Waals surface area contributed by atoms with E-state index in [0.29, 0.717) is 18.7 Å². The summed E-state index contributed by atoms with van der Waals surface area (Å²) >= 11 is 0.